The van der Waals surface area contributed by atoms with Crippen molar-refractivity contribution in [1.82, 2.24) is 10.2 Å². The summed E-state index contributed by atoms with van der Waals surface area (Å²) in [7, 11) is -2.23. The molecule has 27 heavy (non-hydrogen) atoms. The first-order valence-corrected chi connectivity index (χ1v) is 10.9. The number of carbonyl (C=O) groups excluding carboxylic acids is 1. The van der Waals surface area contributed by atoms with Gasteiger partial charge < -0.3 is 14.8 Å². The number of benzene rings is 1. The molecule has 2 rings (SSSR count). The van der Waals surface area contributed by atoms with Crippen molar-refractivity contribution in [1.29, 1.82) is 0 Å². The van der Waals surface area contributed by atoms with Crippen molar-refractivity contribution in [2.24, 2.45) is 0 Å². The number of morpholine rings is 1. The standard InChI is InChI=1S/C17H26ClN3O5S/c1-13(17(22)19-6-7-20-8-10-26-11-9-20)21(27(3,23)24)14-4-5-16(25-2)15(18)12-14/h4-5,12-13H,6-11H2,1-3H3,(H,19,22)/t13-/m0/s1. The molecule has 8 nitrogen and oxygen atoms in total. The van der Waals surface area contributed by atoms with E-state index in [1.54, 1.807) is 19.1 Å². The Morgan fingerprint density at radius 3 is 2.63 bits per heavy atom. The Hall–Kier alpha value is -1.55. The molecule has 0 aromatic heterocycles. The maximum atomic E-state index is 12.5. The minimum atomic E-state index is -3.70. The van der Waals surface area contributed by atoms with Crippen molar-refractivity contribution in [3.05, 3.63) is 23.2 Å². The molecular weight excluding hydrogens is 394 g/mol. The zero-order valence-corrected chi connectivity index (χ0v) is 17.3. The van der Waals surface area contributed by atoms with Crippen LogP contribution in [0.5, 0.6) is 5.75 Å². The fraction of sp³-hybridized carbons (Fsp3) is 0.588. The van der Waals surface area contributed by atoms with Crippen molar-refractivity contribution in [3.8, 4) is 5.75 Å². The van der Waals surface area contributed by atoms with Crippen molar-refractivity contribution in [3.63, 3.8) is 0 Å². The van der Waals surface area contributed by atoms with Crippen LogP contribution in [-0.4, -0.2) is 78.0 Å². The number of hydrogen-bond acceptors (Lipinski definition) is 6. The first-order chi connectivity index (χ1) is 12.7. The van der Waals surface area contributed by atoms with E-state index in [2.05, 4.69) is 10.2 Å². The molecule has 1 fully saturated rings. The van der Waals surface area contributed by atoms with E-state index in [0.717, 1.165) is 23.7 Å². The van der Waals surface area contributed by atoms with Gasteiger partial charge in [-0.25, -0.2) is 8.42 Å². The highest BCUT2D eigenvalue weighted by Gasteiger charge is 2.29. The molecule has 1 N–H and O–H groups in total. The number of sulfonamides is 1. The molecule has 10 heteroatoms. The predicted molar refractivity (Wildman–Crippen MR) is 105 cm³/mol. The zero-order chi connectivity index (χ0) is 20.0. The minimum absolute atomic E-state index is 0.267. The number of nitrogens with zero attached hydrogens (tertiary/aromatic N) is 2. The van der Waals surface area contributed by atoms with E-state index < -0.39 is 16.1 Å². The topological polar surface area (TPSA) is 88.2 Å². The third-order valence-corrected chi connectivity index (χ3v) is 5.85. The summed E-state index contributed by atoms with van der Waals surface area (Å²) >= 11 is 6.11. The zero-order valence-electron chi connectivity index (χ0n) is 15.8. The van der Waals surface area contributed by atoms with Crippen molar-refractivity contribution in [2.45, 2.75) is 13.0 Å². The Labute approximate surface area is 165 Å². The van der Waals surface area contributed by atoms with E-state index in [1.165, 1.54) is 13.2 Å². The van der Waals surface area contributed by atoms with Crippen LogP contribution in [0.4, 0.5) is 5.69 Å². The third-order valence-electron chi connectivity index (χ3n) is 4.31. The summed E-state index contributed by atoms with van der Waals surface area (Å²) in [5, 5.41) is 3.07. The third kappa shape index (κ3) is 5.97. The fourth-order valence-corrected chi connectivity index (χ4v) is 4.33. The van der Waals surface area contributed by atoms with E-state index in [0.29, 0.717) is 37.7 Å². The van der Waals surface area contributed by atoms with Gasteiger partial charge in [0.15, 0.2) is 0 Å². The second-order valence-electron chi connectivity index (χ2n) is 6.30. The Morgan fingerprint density at radius 1 is 1.41 bits per heavy atom. The highest BCUT2D eigenvalue weighted by molar-refractivity contribution is 7.92. The number of methoxy groups -OCH3 is 1. The van der Waals surface area contributed by atoms with Gasteiger partial charge in [0.1, 0.15) is 11.8 Å². The van der Waals surface area contributed by atoms with E-state index in [4.69, 9.17) is 21.1 Å². The number of nitrogens with one attached hydrogen (secondary N) is 1. The summed E-state index contributed by atoms with van der Waals surface area (Å²) in [4.78, 5) is 14.7. The predicted octanol–water partition coefficient (Wildman–Crippen LogP) is 0.952. The lowest BCUT2D eigenvalue weighted by Crippen LogP contribution is -2.49. The summed E-state index contributed by atoms with van der Waals surface area (Å²) in [6.07, 6.45) is 1.06. The van der Waals surface area contributed by atoms with E-state index in [9.17, 15) is 13.2 Å². The lowest BCUT2D eigenvalue weighted by Gasteiger charge is -2.29. The maximum Gasteiger partial charge on any atom is 0.243 e. The van der Waals surface area contributed by atoms with Crippen LogP contribution in [0, 0.1) is 0 Å². The number of carbonyl (C=O) groups is 1. The van der Waals surface area contributed by atoms with Gasteiger partial charge in [-0.05, 0) is 25.1 Å². The first-order valence-electron chi connectivity index (χ1n) is 8.65. The molecule has 1 atom stereocenters. The summed E-state index contributed by atoms with van der Waals surface area (Å²) < 4.78 is 36.1. The highest BCUT2D eigenvalue weighted by Crippen LogP contribution is 2.31. The number of halogens is 1. The molecule has 1 heterocycles. The van der Waals surface area contributed by atoms with Crippen molar-refractivity contribution < 1.29 is 22.7 Å². The fourth-order valence-electron chi connectivity index (χ4n) is 2.91. The smallest absolute Gasteiger partial charge is 0.243 e. The summed E-state index contributed by atoms with van der Waals surface area (Å²) in [5.41, 5.74) is 0.305. The molecule has 0 radical (unpaired) electrons. The van der Waals surface area contributed by atoms with Crippen LogP contribution in [0.15, 0.2) is 18.2 Å². The van der Waals surface area contributed by atoms with Crippen LogP contribution in [0.2, 0.25) is 5.02 Å². The van der Waals surface area contributed by atoms with Gasteiger partial charge in [-0.3, -0.25) is 14.0 Å². The van der Waals surface area contributed by atoms with Gasteiger partial charge in [0, 0.05) is 26.2 Å². The molecule has 0 unspecified atom stereocenters. The molecule has 0 bridgehead atoms. The number of anilines is 1. The number of amides is 1. The van der Waals surface area contributed by atoms with Gasteiger partial charge in [0.05, 0.1) is 37.3 Å². The number of hydrogen-bond donors (Lipinski definition) is 1. The largest absolute Gasteiger partial charge is 0.495 e. The van der Waals surface area contributed by atoms with E-state index >= 15 is 0 Å². The molecule has 0 spiro atoms. The maximum absolute atomic E-state index is 12.5. The van der Waals surface area contributed by atoms with Crippen LogP contribution in [-0.2, 0) is 19.6 Å². The molecule has 1 amide bonds. The Kier molecular flexibility index (Phi) is 7.72. The molecular formula is C17H26ClN3O5S. The molecule has 152 valence electrons. The summed E-state index contributed by atoms with van der Waals surface area (Å²) in [6.45, 7) is 5.69. The van der Waals surface area contributed by atoms with Gasteiger partial charge in [0.2, 0.25) is 15.9 Å². The van der Waals surface area contributed by atoms with Crippen LogP contribution >= 0.6 is 11.6 Å². The molecule has 1 saturated heterocycles. The molecule has 1 aliphatic heterocycles. The van der Waals surface area contributed by atoms with Crippen molar-refractivity contribution in [2.75, 3.05) is 57.1 Å². The molecule has 0 saturated carbocycles. The average molecular weight is 420 g/mol. The van der Waals surface area contributed by atoms with E-state index in [1.807, 2.05) is 0 Å². The van der Waals surface area contributed by atoms with Gasteiger partial charge in [0.25, 0.3) is 0 Å². The Balaban J connectivity index is 2.06. The Bertz CT molecular complexity index is 753. The van der Waals surface area contributed by atoms with Gasteiger partial charge in [-0.2, -0.15) is 0 Å². The summed E-state index contributed by atoms with van der Waals surface area (Å²) in [6, 6.07) is 3.68. The average Bonchev–Trinajstić information content (AvgIpc) is 2.61. The van der Waals surface area contributed by atoms with Gasteiger partial charge in [-0.15, -0.1) is 0 Å². The van der Waals surface area contributed by atoms with Crippen LogP contribution in [0.25, 0.3) is 0 Å². The number of rotatable bonds is 8. The molecule has 1 aliphatic rings. The first kappa shape index (κ1) is 21.7. The molecule has 0 aliphatic carbocycles. The minimum Gasteiger partial charge on any atom is -0.495 e. The SMILES string of the molecule is COc1ccc(N([C@@H](C)C(=O)NCCN2CCOCC2)S(C)(=O)=O)cc1Cl. The van der Waals surface area contributed by atoms with Crippen LogP contribution in [0.3, 0.4) is 0 Å². The van der Waals surface area contributed by atoms with Crippen LogP contribution < -0.4 is 14.4 Å². The summed E-state index contributed by atoms with van der Waals surface area (Å²) in [5.74, 6) is 0.0529. The monoisotopic (exact) mass is 419 g/mol. The van der Waals surface area contributed by atoms with E-state index in [-0.39, 0.29) is 10.9 Å². The van der Waals surface area contributed by atoms with Crippen molar-refractivity contribution >= 4 is 33.2 Å². The Morgan fingerprint density at radius 2 is 2.07 bits per heavy atom. The van der Waals surface area contributed by atoms with Gasteiger partial charge >= 0.3 is 0 Å². The lowest BCUT2D eigenvalue weighted by molar-refractivity contribution is -0.121. The number of ether oxygens (including phenoxy) is 2. The second-order valence-corrected chi connectivity index (χ2v) is 8.57. The highest BCUT2D eigenvalue weighted by atomic mass is 35.5. The lowest BCUT2D eigenvalue weighted by atomic mass is 10.2. The normalized spacial score (nSPS) is 16.6. The van der Waals surface area contributed by atoms with Gasteiger partial charge in [-0.1, -0.05) is 11.6 Å². The molecule has 1 aromatic carbocycles. The quantitative estimate of drug-likeness (QED) is 0.675. The second kappa shape index (κ2) is 9.59. The molecule has 1 aromatic rings. The van der Waals surface area contributed by atoms with Crippen LogP contribution in [0.1, 0.15) is 6.92 Å².